The number of para-hydroxylation sites is 1. The van der Waals surface area contributed by atoms with Gasteiger partial charge in [-0.3, -0.25) is 9.58 Å². The van der Waals surface area contributed by atoms with Crippen LogP contribution in [0.25, 0.3) is 5.69 Å². The van der Waals surface area contributed by atoms with E-state index in [9.17, 15) is 0 Å². The fourth-order valence-corrected chi connectivity index (χ4v) is 3.65. The van der Waals surface area contributed by atoms with E-state index in [1.807, 2.05) is 16.9 Å². The molecule has 0 unspecified atom stereocenters. The highest BCUT2D eigenvalue weighted by atomic mass is 15.3. The molecular weight excluding hydrogens is 298 g/mol. The van der Waals surface area contributed by atoms with Crippen molar-refractivity contribution >= 4 is 0 Å². The molecule has 1 aliphatic rings. The van der Waals surface area contributed by atoms with Crippen LogP contribution in [0.1, 0.15) is 29.5 Å². The van der Waals surface area contributed by atoms with Gasteiger partial charge < -0.3 is 0 Å². The first-order chi connectivity index (χ1) is 11.7. The summed E-state index contributed by atoms with van der Waals surface area (Å²) in [5.74, 6) is 0. The Bertz CT molecular complexity index is 817. The van der Waals surface area contributed by atoms with E-state index in [0.717, 1.165) is 37.4 Å². The van der Waals surface area contributed by atoms with Crippen molar-refractivity contribution in [3.05, 3.63) is 65.7 Å². The summed E-state index contributed by atoms with van der Waals surface area (Å²) >= 11 is 0. The van der Waals surface area contributed by atoms with Gasteiger partial charge in [-0.15, -0.1) is 0 Å². The number of hydrogen-bond donors (Lipinski definition) is 0. The first-order valence-corrected chi connectivity index (χ1v) is 8.54. The maximum atomic E-state index is 4.66. The van der Waals surface area contributed by atoms with Crippen molar-refractivity contribution < 1.29 is 0 Å². The van der Waals surface area contributed by atoms with Crippen LogP contribution < -0.4 is 0 Å². The van der Waals surface area contributed by atoms with Gasteiger partial charge >= 0.3 is 0 Å². The number of hydrogen-bond acceptors (Lipinski definition) is 3. The predicted molar refractivity (Wildman–Crippen MR) is 94.2 cm³/mol. The number of likely N-dealkylation sites (tertiary alicyclic amines) is 1. The summed E-state index contributed by atoms with van der Waals surface area (Å²) in [6, 6.07) is 15.1. The third kappa shape index (κ3) is 2.87. The van der Waals surface area contributed by atoms with Crippen molar-refractivity contribution in [2.24, 2.45) is 0 Å². The molecule has 124 valence electrons. The second-order valence-electron chi connectivity index (χ2n) is 6.62. The van der Waals surface area contributed by atoms with Gasteiger partial charge in [0, 0.05) is 31.5 Å². The Kier molecular flexibility index (Phi) is 3.94. The molecular formula is C19H23N5. The van der Waals surface area contributed by atoms with Gasteiger partial charge in [0.1, 0.15) is 0 Å². The third-order valence-electron chi connectivity index (χ3n) is 4.75. The maximum Gasteiger partial charge on any atom is 0.0661 e. The molecule has 24 heavy (non-hydrogen) atoms. The lowest BCUT2D eigenvalue weighted by molar-refractivity contribution is 0.304. The Labute approximate surface area is 142 Å². The molecule has 0 N–H and O–H groups in total. The standard InChI is InChI=1S/C19H23N5/c1-15-12-16(2)23(21-15)19-9-11-22(14-19)13-18-8-10-20-24(18)17-6-4-3-5-7-17/h3-8,10,12,19H,9,11,13-14H2,1-2H3/t19-/m0/s1. The van der Waals surface area contributed by atoms with Crippen LogP contribution in [0.15, 0.2) is 48.7 Å². The lowest BCUT2D eigenvalue weighted by atomic mass is 10.2. The zero-order valence-corrected chi connectivity index (χ0v) is 14.3. The molecule has 0 spiro atoms. The first-order valence-electron chi connectivity index (χ1n) is 8.54. The molecule has 0 radical (unpaired) electrons. The van der Waals surface area contributed by atoms with Crippen molar-refractivity contribution in [1.82, 2.24) is 24.5 Å². The van der Waals surface area contributed by atoms with Crippen LogP contribution in [0.2, 0.25) is 0 Å². The van der Waals surface area contributed by atoms with Gasteiger partial charge in [-0.25, -0.2) is 4.68 Å². The summed E-state index contributed by atoms with van der Waals surface area (Å²) in [4.78, 5) is 2.50. The largest absolute Gasteiger partial charge is 0.295 e. The van der Waals surface area contributed by atoms with E-state index in [4.69, 9.17) is 0 Å². The fourth-order valence-electron chi connectivity index (χ4n) is 3.65. The highest BCUT2D eigenvalue weighted by Gasteiger charge is 2.26. The normalized spacial score (nSPS) is 18.3. The van der Waals surface area contributed by atoms with Crippen LogP contribution in [0, 0.1) is 13.8 Å². The average Bonchev–Trinajstić information content (AvgIpc) is 3.29. The lowest BCUT2D eigenvalue weighted by Crippen LogP contribution is -2.23. The van der Waals surface area contributed by atoms with Gasteiger partial charge in [0.25, 0.3) is 0 Å². The Morgan fingerprint density at radius 3 is 2.71 bits per heavy atom. The van der Waals surface area contributed by atoms with Crippen molar-refractivity contribution in [1.29, 1.82) is 0 Å². The van der Waals surface area contributed by atoms with E-state index in [-0.39, 0.29) is 0 Å². The van der Waals surface area contributed by atoms with Crippen molar-refractivity contribution in [2.75, 3.05) is 13.1 Å². The Balaban J connectivity index is 1.48. The van der Waals surface area contributed by atoms with Crippen molar-refractivity contribution in [3.63, 3.8) is 0 Å². The van der Waals surface area contributed by atoms with Crippen LogP contribution in [0.4, 0.5) is 0 Å². The maximum absolute atomic E-state index is 4.66. The first kappa shape index (κ1) is 15.1. The van der Waals surface area contributed by atoms with Gasteiger partial charge in [-0.2, -0.15) is 10.2 Å². The van der Waals surface area contributed by atoms with Crippen molar-refractivity contribution in [3.8, 4) is 5.69 Å². The Hall–Kier alpha value is -2.40. The second-order valence-corrected chi connectivity index (χ2v) is 6.62. The zero-order chi connectivity index (χ0) is 16.5. The van der Waals surface area contributed by atoms with E-state index >= 15 is 0 Å². The summed E-state index contributed by atoms with van der Waals surface area (Å²) in [6.45, 7) is 7.28. The minimum absolute atomic E-state index is 0.479. The number of rotatable bonds is 4. The summed E-state index contributed by atoms with van der Waals surface area (Å²) in [5.41, 5.74) is 4.71. The highest BCUT2D eigenvalue weighted by Crippen LogP contribution is 2.24. The molecule has 0 aliphatic carbocycles. The predicted octanol–water partition coefficient (Wildman–Crippen LogP) is 3.13. The summed E-state index contributed by atoms with van der Waals surface area (Å²) in [5, 5.41) is 9.16. The molecule has 3 heterocycles. The second kappa shape index (κ2) is 6.24. The smallest absolute Gasteiger partial charge is 0.0661 e. The van der Waals surface area contributed by atoms with E-state index in [0.29, 0.717) is 6.04 Å². The molecule has 2 aromatic heterocycles. The molecule has 5 nitrogen and oxygen atoms in total. The molecule has 1 aliphatic heterocycles. The molecule has 1 fully saturated rings. The molecule has 0 bridgehead atoms. The number of aryl methyl sites for hydroxylation is 2. The van der Waals surface area contributed by atoms with Crippen LogP contribution in [0.5, 0.6) is 0 Å². The summed E-state index contributed by atoms with van der Waals surface area (Å²) in [6.07, 6.45) is 3.04. The van der Waals surface area contributed by atoms with Gasteiger partial charge in [0.15, 0.2) is 0 Å². The van der Waals surface area contributed by atoms with Crippen molar-refractivity contribution in [2.45, 2.75) is 32.9 Å². The van der Waals surface area contributed by atoms with E-state index in [2.05, 4.69) is 70.0 Å². The van der Waals surface area contributed by atoms with Crippen LogP contribution in [-0.4, -0.2) is 37.6 Å². The van der Waals surface area contributed by atoms with E-state index in [1.54, 1.807) is 0 Å². The molecule has 4 rings (SSSR count). The highest BCUT2D eigenvalue weighted by molar-refractivity contribution is 5.32. The monoisotopic (exact) mass is 321 g/mol. The molecule has 1 aromatic carbocycles. The van der Waals surface area contributed by atoms with Gasteiger partial charge in [0.2, 0.25) is 0 Å². The van der Waals surface area contributed by atoms with Gasteiger partial charge in [-0.1, -0.05) is 18.2 Å². The minimum atomic E-state index is 0.479. The SMILES string of the molecule is Cc1cc(C)n([C@H]2CCN(Cc3ccnn3-c3ccccc3)C2)n1. The molecule has 0 saturated carbocycles. The molecule has 1 saturated heterocycles. The molecule has 5 heteroatoms. The van der Waals surface area contributed by atoms with E-state index < -0.39 is 0 Å². The lowest BCUT2D eigenvalue weighted by Gasteiger charge is -2.18. The minimum Gasteiger partial charge on any atom is -0.295 e. The van der Waals surface area contributed by atoms with Crippen LogP contribution >= 0.6 is 0 Å². The Morgan fingerprint density at radius 1 is 1.12 bits per heavy atom. The summed E-state index contributed by atoms with van der Waals surface area (Å²) in [7, 11) is 0. The molecule has 1 atom stereocenters. The van der Waals surface area contributed by atoms with Gasteiger partial charge in [0.05, 0.1) is 23.1 Å². The zero-order valence-electron chi connectivity index (χ0n) is 14.3. The van der Waals surface area contributed by atoms with Crippen LogP contribution in [0.3, 0.4) is 0 Å². The summed E-state index contributed by atoms with van der Waals surface area (Å²) < 4.78 is 4.24. The average molecular weight is 321 g/mol. The molecule has 3 aromatic rings. The van der Waals surface area contributed by atoms with Gasteiger partial charge in [-0.05, 0) is 44.5 Å². The van der Waals surface area contributed by atoms with Crippen LogP contribution in [-0.2, 0) is 6.54 Å². The third-order valence-corrected chi connectivity index (χ3v) is 4.75. The molecule has 0 amide bonds. The Morgan fingerprint density at radius 2 is 1.96 bits per heavy atom. The topological polar surface area (TPSA) is 38.9 Å². The number of aromatic nitrogens is 4. The number of benzene rings is 1. The number of nitrogens with zero attached hydrogens (tertiary/aromatic N) is 5. The quantitative estimate of drug-likeness (QED) is 0.741. The van der Waals surface area contributed by atoms with E-state index in [1.165, 1.54) is 11.4 Å². The fraction of sp³-hybridized carbons (Fsp3) is 0.368.